The van der Waals surface area contributed by atoms with Gasteiger partial charge in [0.2, 0.25) is 0 Å². The van der Waals surface area contributed by atoms with Crippen LogP contribution in [0, 0.1) is 5.92 Å². The Morgan fingerprint density at radius 1 is 1.19 bits per heavy atom. The summed E-state index contributed by atoms with van der Waals surface area (Å²) in [4.78, 5) is 19.8. The van der Waals surface area contributed by atoms with Crippen molar-refractivity contribution in [3.8, 4) is 5.69 Å². The Hall–Kier alpha value is -2.69. The number of hydrogen-bond donors (Lipinski definition) is 0. The molecule has 1 aromatic carbocycles. The van der Waals surface area contributed by atoms with E-state index in [-0.39, 0.29) is 11.9 Å². The van der Waals surface area contributed by atoms with Gasteiger partial charge in [0.25, 0.3) is 5.91 Å². The van der Waals surface area contributed by atoms with Gasteiger partial charge in [-0.25, -0.2) is 9.67 Å². The summed E-state index contributed by atoms with van der Waals surface area (Å²) >= 11 is 0. The lowest BCUT2D eigenvalue weighted by molar-refractivity contribution is 0.0550. The van der Waals surface area contributed by atoms with E-state index in [1.807, 2.05) is 52.2 Å². The molecule has 5 heteroatoms. The molecule has 0 aliphatic carbocycles. The maximum atomic E-state index is 13.3. The SMILES string of the molecule is CC[C@H]1CC[C@@H](C)N(C(=O)c2ncccc2-n2ncc3ccccc32)C1. The van der Waals surface area contributed by atoms with E-state index in [0.717, 1.165) is 36.0 Å². The first-order valence-electron chi connectivity index (χ1n) is 9.38. The molecule has 0 radical (unpaired) electrons. The first-order chi connectivity index (χ1) is 12.7. The highest BCUT2D eigenvalue weighted by Crippen LogP contribution is 2.27. The normalized spacial score (nSPS) is 20.5. The van der Waals surface area contributed by atoms with Crippen LogP contribution in [0.15, 0.2) is 48.8 Å². The fraction of sp³-hybridized carbons (Fsp3) is 0.381. The van der Waals surface area contributed by atoms with E-state index < -0.39 is 0 Å². The quantitative estimate of drug-likeness (QED) is 0.717. The van der Waals surface area contributed by atoms with Crippen LogP contribution in [0.2, 0.25) is 0 Å². The lowest BCUT2D eigenvalue weighted by Gasteiger charge is -2.37. The number of likely N-dealkylation sites (tertiary alicyclic amines) is 1. The van der Waals surface area contributed by atoms with Gasteiger partial charge in [0, 0.05) is 24.2 Å². The second-order valence-electron chi connectivity index (χ2n) is 7.14. The van der Waals surface area contributed by atoms with Crippen molar-refractivity contribution in [1.29, 1.82) is 0 Å². The summed E-state index contributed by atoms with van der Waals surface area (Å²) in [5, 5.41) is 5.56. The van der Waals surface area contributed by atoms with Crippen molar-refractivity contribution in [1.82, 2.24) is 19.7 Å². The highest BCUT2D eigenvalue weighted by atomic mass is 16.2. The molecule has 0 saturated carbocycles. The molecule has 1 aliphatic rings. The van der Waals surface area contributed by atoms with Gasteiger partial charge in [0.05, 0.1) is 17.4 Å². The molecule has 1 fully saturated rings. The van der Waals surface area contributed by atoms with Crippen LogP contribution < -0.4 is 0 Å². The Labute approximate surface area is 153 Å². The molecule has 1 saturated heterocycles. The van der Waals surface area contributed by atoms with Gasteiger partial charge in [-0.3, -0.25) is 4.79 Å². The van der Waals surface area contributed by atoms with Crippen molar-refractivity contribution < 1.29 is 4.79 Å². The third-order valence-electron chi connectivity index (χ3n) is 5.51. The van der Waals surface area contributed by atoms with Gasteiger partial charge < -0.3 is 4.90 Å². The Morgan fingerprint density at radius 3 is 2.88 bits per heavy atom. The standard InChI is InChI=1S/C21H24N4O/c1-3-16-11-10-15(2)24(14-16)21(26)20-19(9-6-12-22-20)25-18-8-5-4-7-17(18)13-23-25/h4-9,12-13,15-16H,3,10-11,14H2,1-2H3/t15-,16+/m1/s1. The Morgan fingerprint density at radius 2 is 2.04 bits per heavy atom. The number of piperidine rings is 1. The van der Waals surface area contributed by atoms with Gasteiger partial charge in [0.1, 0.15) is 0 Å². The fourth-order valence-electron chi connectivity index (χ4n) is 3.83. The number of pyridine rings is 1. The predicted molar refractivity (Wildman–Crippen MR) is 102 cm³/mol. The molecule has 134 valence electrons. The van der Waals surface area contributed by atoms with Crippen LogP contribution in [0.5, 0.6) is 0 Å². The predicted octanol–water partition coefficient (Wildman–Crippen LogP) is 4.07. The van der Waals surface area contributed by atoms with E-state index in [9.17, 15) is 4.79 Å². The molecule has 4 rings (SSSR count). The number of para-hydroxylation sites is 1. The third-order valence-corrected chi connectivity index (χ3v) is 5.51. The van der Waals surface area contributed by atoms with Crippen LogP contribution in [0.3, 0.4) is 0 Å². The second kappa shape index (κ2) is 6.90. The van der Waals surface area contributed by atoms with Crippen LogP contribution in [0.1, 0.15) is 43.6 Å². The Balaban J connectivity index is 1.75. The summed E-state index contributed by atoms with van der Waals surface area (Å²) in [5.74, 6) is 0.582. The second-order valence-corrected chi connectivity index (χ2v) is 7.14. The van der Waals surface area contributed by atoms with Gasteiger partial charge >= 0.3 is 0 Å². The van der Waals surface area contributed by atoms with E-state index >= 15 is 0 Å². The van der Waals surface area contributed by atoms with Crippen molar-refractivity contribution in [3.05, 3.63) is 54.5 Å². The molecule has 1 amide bonds. The summed E-state index contributed by atoms with van der Waals surface area (Å²) in [6.07, 6.45) is 6.87. The third kappa shape index (κ3) is 2.87. The number of carbonyl (C=O) groups is 1. The van der Waals surface area contributed by atoms with Crippen molar-refractivity contribution in [3.63, 3.8) is 0 Å². The zero-order chi connectivity index (χ0) is 18.1. The average molecular weight is 348 g/mol. The molecular weight excluding hydrogens is 324 g/mol. The maximum absolute atomic E-state index is 13.3. The number of aromatic nitrogens is 3. The molecule has 3 aromatic rings. The minimum absolute atomic E-state index is 0.00540. The molecule has 2 aromatic heterocycles. The first kappa shape index (κ1) is 16.8. The molecule has 3 heterocycles. The largest absolute Gasteiger partial charge is 0.334 e. The number of carbonyl (C=O) groups excluding carboxylic acids is 1. The average Bonchev–Trinajstić information content (AvgIpc) is 3.12. The van der Waals surface area contributed by atoms with E-state index in [2.05, 4.69) is 23.9 Å². The zero-order valence-electron chi connectivity index (χ0n) is 15.3. The molecule has 26 heavy (non-hydrogen) atoms. The number of fused-ring (bicyclic) bond motifs is 1. The monoisotopic (exact) mass is 348 g/mol. The maximum Gasteiger partial charge on any atom is 0.274 e. The van der Waals surface area contributed by atoms with E-state index in [1.54, 1.807) is 6.20 Å². The van der Waals surface area contributed by atoms with Gasteiger partial charge in [-0.2, -0.15) is 5.10 Å². The highest BCUT2D eigenvalue weighted by molar-refractivity contribution is 5.96. The van der Waals surface area contributed by atoms with Crippen LogP contribution >= 0.6 is 0 Å². The number of rotatable bonds is 3. The minimum Gasteiger partial charge on any atom is -0.334 e. The van der Waals surface area contributed by atoms with E-state index in [1.165, 1.54) is 6.42 Å². The lowest BCUT2D eigenvalue weighted by atomic mass is 9.91. The van der Waals surface area contributed by atoms with Crippen molar-refractivity contribution >= 4 is 16.8 Å². The number of hydrogen-bond acceptors (Lipinski definition) is 3. The van der Waals surface area contributed by atoms with Crippen molar-refractivity contribution in [2.75, 3.05) is 6.54 Å². The zero-order valence-corrected chi connectivity index (χ0v) is 15.3. The number of nitrogens with zero attached hydrogens (tertiary/aromatic N) is 4. The van der Waals surface area contributed by atoms with Crippen molar-refractivity contribution in [2.24, 2.45) is 5.92 Å². The number of benzene rings is 1. The molecule has 1 aliphatic heterocycles. The van der Waals surface area contributed by atoms with Crippen LogP contribution in [0.4, 0.5) is 0 Å². The summed E-state index contributed by atoms with van der Waals surface area (Å²) < 4.78 is 1.82. The summed E-state index contributed by atoms with van der Waals surface area (Å²) in [6.45, 7) is 5.15. The molecule has 0 unspecified atom stereocenters. The van der Waals surface area contributed by atoms with E-state index in [0.29, 0.717) is 11.6 Å². The van der Waals surface area contributed by atoms with Gasteiger partial charge in [-0.1, -0.05) is 31.5 Å². The lowest BCUT2D eigenvalue weighted by Crippen LogP contribution is -2.46. The smallest absolute Gasteiger partial charge is 0.274 e. The molecule has 5 nitrogen and oxygen atoms in total. The minimum atomic E-state index is 0.00540. The van der Waals surface area contributed by atoms with Crippen LogP contribution in [0.25, 0.3) is 16.6 Å². The molecule has 2 atom stereocenters. The number of amides is 1. The summed E-state index contributed by atoms with van der Waals surface area (Å²) in [5.41, 5.74) is 2.20. The van der Waals surface area contributed by atoms with Gasteiger partial charge in [-0.05, 0) is 43.9 Å². The van der Waals surface area contributed by atoms with Gasteiger partial charge in [-0.15, -0.1) is 0 Å². The molecule has 0 N–H and O–H groups in total. The molecule has 0 spiro atoms. The summed E-state index contributed by atoms with van der Waals surface area (Å²) in [7, 11) is 0. The Kier molecular flexibility index (Phi) is 4.45. The molecule has 0 bridgehead atoms. The van der Waals surface area contributed by atoms with Gasteiger partial charge in [0.15, 0.2) is 5.69 Å². The topological polar surface area (TPSA) is 51.0 Å². The van der Waals surface area contributed by atoms with Crippen LogP contribution in [-0.2, 0) is 0 Å². The Bertz CT molecular complexity index is 932. The highest BCUT2D eigenvalue weighted by Gasteiger charge is 2.31. The fourth-order valence-corrected chi connectivity index (χ4v) is 3.83. The first-order valence-corrected chi connectivity index (χ1v) is 9.38. The molecular formula is C21H24N4O. The van der Waals surface area contributed by atoms with Crippen molar-refractivity contribution in [2.45, 2.75) is 39.2 Å². The van der Waals surface area contributed by atoms with E-state index in [4.69, 9.17) is 0 Å². The summed E-state index contributed by atoms with van der Waals surface area (Å²) in [6, 6.07) is 12.0. The van der Waals surface area contributed by atoms with Crippen LogP contribution in [-0.4, -0.2) is 38.2 Å².